The van der Waals surface area contributed by atoms with Crippen LogP contribution in [-0.2, 0) is 14.3 Å². The van der Waals surface area contributed by atoms with Gasteiger partial charge in [0.2, 0.25) is 11.8 Å². The lowest BCUT2D eigenvalue weighted by Gasteiger charge is -2.23. The molecule has 3 aliphatic heterocycles. The van der Waals surface area contributed by atoms with Crippen LogP contribution in [0.4, 0.5) is 11.5 Å². The van der Waals surface area contributed by atoms with Crippen LogP contribution in [0.5, 0.6) is 0 Å². The van der Waals surface area contributed by atoms with Gasteiger partial charge in [0, 0.05) is 16.8 Å². The molecule has 138 valence electrons. The Balaban J connectivity index is 1.43. The summed E-state index contributed by atoms with van der Waals surface area (Å²) in [6.45, 7) is 2.08. The number of hydrogen-bond donors (Lipinski definition) is 1. The highest BCUT2D eigenvalue weighted by Crippen LogP contribution is 2.52. The van der Waals surface area contributed by atoms with Gasteiger partial charge in [-0.05, 0) is 31.2 Å². The second kappa shape index (κ2) is 5.68. The molecule has 4 heterocycles. The summed E-state index contributed by atoms with van der Waals surface area (Å²) < 4.78 is 11.2. The minimum Gasteiger partial charge on any atom is -0.360 e. The van der Waals surface area contributed by atoms with Gasteiger partial charge in [0.25, 0.3) is 0 Å². The number of ether oxygens (including phenoxy) is 1. The molecule has 0 aliphatic carbocycles. The van der Waals surface area contributed by atoms with Crippen LogP contribution in [0.2, 0.25) is 5.02 Å². The second-order valence-electron chi connectivity index (χ2n) is 7.12. The Hall–Kier alpha value is -2.64. The molecular formula is C19H16ClN3O4. The predicted octanol–water partition coefficient (Wildman–Crippen LogP) is 2.56. The number of hydrogen-bond acceptors (Lipinski definition) is 5. The number of benzene rings is 1. The first-order valence-corrected chi connectivity index (χ1v) is 9.03. The third-order valence-electron chi connectivity index (χ3n) is 5.41. The van der Waals surface area contributed by atoms with Crippen LogP contribution < -0.4 is 10.2 Å². The Kier molecular flexibility index (Phi) is 3.47. The Labute approximate surface area is 159 Å². The molecule has 4 atom stereocenters. The summed E-state index contributed by atoms with van der Waals surface area (Å²) in [6, 6.07) is 8.55. The molecule has 2 amide bonds. The summed E-state index contributed by atoms with van der Waals surface area (Å²) in [4.78, 5) is 27.6. The smallest absolute Gasteiger partial charge is 0.235 e. The van der Waals surface area contributed by atoms with Crippen molar-refractivity contribution in [1.29, 1.82) is 0 Å². The number of aromatic nitrogens is 1. The lowest BCUT2D eigenvalue weighted by atomic mass is 9.77. The first-order chi connectivity index (χ1) is 13.0. The number of nitrogens with zero attached hydrogens (tertiary/aromatic N) is 2. The number of anilines is 2. The zero-order chi connectivity index (χ0) is 18.8. The maximum Gasteiger partial charge on any atom is 0.235 e. The molecule has 1 N–H and O–H groups in total. The highest BCUT2D eigenvalue weighted by atomic mass is 35.5. The Morgan fingerprint density at radius 3 is 2.85 bits per heavy atom. The van der Waals surface area contributed by atoms with E-state index < -0.39 is 23.5 Å². The van der Waals surface area contributed by atoms with E-state index in [0.717, 1.165) is 0 Å². The average molecular weight is 386 g/mol. The molecule has 2 aromatic rings. The van der Waals surface area contributed by atoms with Crippen LogP contribution in [0.1, 0.15) is 5.76 Å². The van der Waals surface area contributed by atoms with E-state index in [1.54, 1.807) is 37.3 Å². The van der Waals surface area contributed by atoms with Crippen molar-refractivity contribution >= 4 is 34.9 Å². The van der Waals surface area contributed by atoms with Crippen molar-refractivity contribution < 1.29 is 18.8 Å². The van der Waals surface area contributed by atoms with E-state index in [9.17, 15) is 9.59 Å². The molecule has 0 saturated carbocycles. The van der Waals surface area contributed by atoms with Crippen molar-refractivity contribution in [3.63, 3.8) is 0 Å². The van der Waals surface area contributed by atoms with Gasteiger partial charge in [0.05, 0.1) is 24.5 Å². The highest BCUT2D eigenvalue weighted by molar-refractivity contribution is 6.30. The largest absolute Gasteiger partial charge is 0.360 e. The quantitative estimate of drug-likeness (QED) is 0.821. The topological polar surface area (TPSA) is 84.7 Å². The fourth-order valence-electron chi connectivity index (χ4n) is 4.23. The molecule has 0 unspecified atom stereocenters. The predicted molar refractivity (Wildman–Crippen MR) is 97.4 cm³/mol. The first-order valence-electron chi connectivity index (χ1n) is 8.65. The lowest BCUT2D eigenvalue weighted by molar-refractivity contribution is -0.128. The SMILES string of the molecule is Cc1cc(N2C[C@]34C=C[C@@H](O3)[C@@H](C(=O)Nc3ccc(Cl)cc3)[C@H]4C2=O)no1. The molecule has 0 radical (unpaired) electrons. The molecule has 1 aromatic carbocycles. The molecule has 5 rings (SSSR count). The molecule has 7 nitrogen and oxygen atoms in total. The second-order valence-corrected chi connectivity index (χ2v) is 7.55. The molecule has 1 spiro atoms. The molecular weight excluding hydrogens is 370 g/mol. The van der Waals surface area contributed by atoms with Crippen LogP contribution in [0, 0.1) is 18.8 Å². The van der Waals surface area contributed by atoms with E-state index in [1.165, 1.54) is 4.90 Å². The lowest BCUT2D eigenvalue weighted by Crippen LogP contribution is -2.41. The van der Waals surface area contributed by atoms with Crippen molar-refractivity contribution in [3.05, 3.63) is 53.3 Å². The summed E-state index contributed by atoms with van der Waals surface area (Å²) in [7, 11) is 0. The normalized spacial score (nSPS) is 30.8. The van der Waals surface area contributed by atoms with Gasteiger partial charge in [-0.1, -0.05) is 28.9 Å². The van der Waals surface area contributed by atoms with Gasteiger partial charge in [0.15, 0.2) is 5.82 Å². The van der Waals surface area contributed by atoms with Crippen LogP contribution in [0.15, 0.2) is 47.0 Å². The van der Waals surface area contributed by atoms with E-state index in [4.69, 9.17) is 20.9 Å². The summed E-state index contributed by atoms with van der Waals surface area (Å²) in [6.07, 6.45) is 3.36. The molecule has 2 bridgehead atoms. The number of nitrogens with one attached hydrogen (secondary N) is 1. The number of rotatable bonds is 3. The third-order valence-corrected chi connectivity index (χ3v) is 5.66. The van der Waals surface area contributed by atoms with E-state index in [0.29, 0.717) is 28.8 Å². The summed E-state index contributed by atoms with van der Waals surface area (Å²) >= 11 is 5.89. The van der Waals surface area contributed by atoms with Crippen LogP contribution >= 0.6 is 11.6 Å². The monoisotopic (exact) mass is 385 g/mol. The van der Waals surface area contributed by atoms with Crippen LogP contribution in [0.25, 0.3) is 0 Å². The van der Waals surface area contributed by atoms with Gasteiger partial charge < -0.3 is 14.6 Å². The molecule has 27 heavy (non-hydrogen) atoms. The van der Waals surface area contributed by atoms with Crippen molar-refractivity contribution in [2.45, 2.75) is 18.6 Å². The Bertz CT molecular complexity index is 970. The number of carbonyl (C=O) groups is 2. The zero-order valence-electron chi connectivity index (χ0n) is 14.4. The maximum absolute atomic E-state index is 13.1. The highest BCUT2D eigenvalue weighted by Gasteiger charge is 2.67. The number of halogens is 1. The van der Waals surface area contributed by atoms with Crippen molar-refractivity contribution in [2.24, 2.45) is 11.8 Å². The van der Waals surface area contributed by atoms with Gasteiger partial charge in [-0.2, -0.15) is 0 Å². The van der Waals surface area contributed by atoms with E-state index in [-0.39, 0.29) is 11.8 Å². The third kappa shape index (κ3) is 2.42. The number of carbonyl (C=O) groups excluding carboxylic acids is 2. The molecule has 3 aliphatic rings. The van der Waals surface area contributed by atoms with Crippen molar-refractivity contribution in [3.8, 4) is 0 Å². The van der Waals surface area contributed by atoms with Crippen molar-refractivity contribution in [1.82, 2.24) is 5.16 Å². The molecule has 2 fully saturated rings. The summed E-state index contributed by atoms with van der Waals surface area (Å²) in [5.74, 6) is -0.548. The summed E-state index contributed by atoms with van der Waals surface area (Å²) in [5.41, 5.74) is -0.170. The number of aryl methyl sites for hydroxylation is 1. The van der Waals surface area contributed by atoms with Gasteiger partial charge >= 0.3 is 0 Å². The Morgan fingerprint density at radius 1 is 1.37 bits per heavy atom. The maximum atomic E-state index is 13.1. The van der Waals surface area contributed by atoms with Gasteiger partial charge in [-0.15, -0.1) is 0 Å². The van der Waals surface area contributed by atoms with Crippen molar-refractivity contribution in [2.75, 3.05) is 16.8 Å². The zero-order valence-corrected chi connectivity index (χ0v) is 15.1. The van der Waals surface area contributed by atoms with Gasteiger partial charge in [-0.3, -0.25) is 14.5 Å². The fraction of sp³-hybridized carbons (Fsp3) is 0.316. The average Bonchev–Trinajstić information content (AvgIpc) is 3.38. The molecule has 2 saturated heterocycles. The molecule has 1 aromatic heterocycles. The first kappa shape index (κ1) is 16.5. The molecule has 8 heteroatoms. The van der Waals surface area contributed by atoms with Crippen LogP contribution in [0.3, 0.4) is 0 Å². The minimum atomic E-state index is -0.795. The summed E-state index contributed by atoms with van der Waals surface area (Å²) in [5, 5.41) is 7.39. The minimum absolute atomic E-state index is 0.175. The van der Waals surface area contributed by atoms with E-state index >= 15 is 0 Å². The standard InChI is InChI=1S/C19H16ClN3O4/c1-10-8-14(22-27-10)23-9-19-7-6-13(26-19)15(16(19)18(23)25)17(24)21-12-4-2-11(20)3-5-12/h2-8,13,15-16H,9H2,1H3,(H,21,24)/t13-,15-,16+,19+/m1/s1. The van der Waals surface area contributed by atoms with Gasteiger partial charge in [-0.25, -0.2) is 0 Å². The van der Waals surface area contributed by atoms with Crippen LogP contribution in [-0.4, -0.2) is 35.2 Å². The fourth-order valence-corrected chi connectivity index (χ4v) is 4.36. The number of fused-ring (bicyclic) bond motifs is 1. The van der Waals surface area contributed by atoms with E-state index in [2.05, 4.69) is 10.5 Å². The van der Waals surface area contributed by atoms with Gasteiger partial charge in [0.1, 0.15) is 11.4 Å². The number of amides is 2. The Morgan fingerprint density at radius 2 is 2.15 bits per heavy atom. The van der Waals surface area contributed by atoms with E-state index in [1.807, 2.05) is 12.2 Å².